The van der Waals surface area contributed by atoms with Crippen LogP contribution in [-0.2, 0) is 0 Å². The number of allylic oxidation sites excluding steroid dienone is 2. The smallest absolute Gasteiger partial charge is 0.354 e. The number of carboxylic acid groups (broad SMARTS) is 1. The highest BCUT2D eigenvalue weighted by molar-refractivity contribution is 6.39. The van der Waals surface area contributed by atoms with E-state index in [0.29, 0.717) is 27.6 Å². The first kappa shape index (κ1) is 22.6. The minimum absolute atomic E-state index is 0.0319. The van der Waals surface area contributed by atoms with E-state index in [1.54, 1.807) is 6.92 Å². The van der Waals surface area contributed by atoms with Gasteiger partial charge in [0.25, 0.3) is 0 Å². The summed E-state index contributed by atoms with van der Waals surface area (Å²) >= 11 is 13.0. The summed E-state index contributed by atoms with van der Waals surface area (Å²) in [6, 6.07) is 6.98. The van der Waals surface area contributed by atoms with Crippen LogP contribution in [0.3, 0.4) is 0 Å². The number of aryl methyl sites for hydroxylation is 1. The van der Waals surface area contributed by atoms with Crippen LogP contribution in [0.4, 0.5) is 5.95 Å². The molecule has 1 spiro atoms. The van der Waals surface area contributed by atoms with Gasteiger partial charge >= 0.3 is 5.97 Å². The van der Waals surface area contributed by atoms with E-state index in [2.05, 4.69) is 26.1 Å². The van der Waals surface area contributed by atoms with Crippen molar-refractivity contribution in [1.29, 1.82) is 0 Å². The summed E-state index contributed by atoms with van der Waals surface area (Å²) in [5.41, 5.74) is 4.55. The SMILES string of the molecule is Cc1cc(C(=O)O)nc(N2CCC3(C=C(c4c(-c5c(Cl)cccc5Cl)noc4C4CC4)C3)CC2)n1. The highest BCUT2D eigenvalue weighted by Gasteiger charge is 2.44. The second-order valence-corrected chi connectivity index (χ2v) is 10.7. The molecule has 1 saturated carbocycles. The van der Waals surface area contributed by atoms with Gasteiger partial charge in [-0.2, -0.15) is 0 Å². The van der Waals surface area contributed by atoms with Crippen LogP contribution in [0.2, 0.25) is 10.0 Å². The van der Waals surface area contributed by atoms with Gasteiger partial charge in [-0.05, 0) is 68.2 Å². The Morgan fingerprint density at radius 3 is 2.46 bits per heavy atom. The number of aromatic nitrogens is 3. The lowest BCUT2D eigenvalue weighted by atomic mass is 9.63. The molecular weight excluding hydrogens is 487 g/mol. The van der Waals surface area contributed by atoms with E-state index in [4.69, 9.17) is 27.7 Å². The second kappa shape index (κ2) is 8.35. The lowest BCUT2D eigenvalue weighted by molar-refractivity contribution is 0.0690. The Morgan fingerprint density at radius 1 is 1.14 bits per heavy atom. The Bertz CT molecular complexity index is 1350. The summed E-state index contributed by atoms with van der Waals surface area (Å²) in [4.78, 5) is 22.2. The van der Waals surface area contributed by atoms with Crippen molar-refractivity contribution in [3.05, 3.63) is 63.1 Å². The molecule has 35 heavy (non-hydrogen) atoms. The average molecular weight is 511 g/mol. The number of benzene rings is 1. The van der Waals surface area contributed by atoms with Crippen molar-refractivity contribution >= 4 is 40.7 Å². The van der Waals surface area contributed by atoms with Gasteiger partial charge in [-0.15, -0.1) is 0 Å². The van der Waals surface area contributed by atoms with E-state index in [1.165, 1.54) is 11.6 Å². The molecule has 2 aromatic heterocycles. The molecule has 0 atom stereocenters. The number of aromatic carboxylic acids is 1. The zero-order valence-corrected chi connectivity index (χ0v) is 20.7. The van der Waals surface area contributed by atoms with Crippen molar-refractivity contribution in [2.24, 2.45) is 5.41 Å². The number of hydrogen-bond acceptors (Lipinski definition) is 6. The molecule has 0 unspecified atom stereocenters. The summed E-state index contributed by atoms with van der Waals surface area (Å²) in [5.74, 6) is 0.815. The van der Waals surface area contributed by atoms with E-state index >= 15 is 0 Å². The molecule has 3 aliphatic rings. The topological polar surface area (TPSA) is 92.3 Å². The largest absolute Gasteiger partial charge is 0.477 e. The molecule has 3 aromatic rings. The van der Waals surface area contributed by atoms with Crippen molar-refractivity contribution in [3.8, 4) is 11.3 Å². The van der Waals surface area contributed by atoms with Crippen molar-refractivity contribution in [1.82, 2.24) is 15.1 Å². The summed E-state index contributed by atoms with van der Waals surface area (Å²) in [6.45, 7) is 3.34. The fourth-order valence-electron chi connectivity index (χ4n) is 5.29. The molecular formula is C26H24Cl2N4O3. The van der Waals surface area contributed by atoms with Gasteiger partial charge in [-0.25, -0.2) is 14.8 Å². The van der Waals surface area contributed by atoms with Crippen LogP contribution in [0.5, 0.6) is 0 Å². The van der Waals surface area contributed by atoms with Crippen molar-refractivity contribution < 1.29 is 14.4 Å². The van der Waals surface area contributed by atoms with Gasteiger partial charge in [0.2, 0.25) is 5.95 Å². The first-order chi connectivity index (χ1) is 16.8. The molecule has 0 radical (unpaired) electrons. The fraction of sp³-hybridized carbons (Fsp3) is 0.385. The molecule has 1 N–H and O–H groups in total. The average Bonchev–Trinajstić information content (AvgIpc) is 3.57. The maximum absolute atomic E-state index is 11.4. The molecule has 180 valence electrons. The van der Waals surface area contributed by atoms with Gasteiger partial charge in [0, 0.05) is 35.8 Å². The summed E-state index contributed by atoms with van der Waals surface area (Å²) in [5, 5.41) is 14.9. The number of carboxylic acids is 1. The van der Waals surface area contributed by atoms with Crippen molar-refractivity contribution in [2.75, 3.05) is 18.0 Å². The number of halogens is 2. The fourth-order valence-corrected chi connectivity index (χ4v) is 5.87. The van der Waals surface area contributed by atoms with E-state index in [9.17, 15) is 9.90 Å². The number of carbonyl (C=O) groups is 1. The molecule has 6 rings (SSSR count). The minimum atomic E-state index is -1.04. The Kier molecular flexibility index (Phi) is 5.38. The zero-order chi connectivity index (χ0) is 24.3. The van der Waals surface area contributed by atoms with Crippen LogP contribution in [0.1, 0.15) is 65.5 Å². The molecule has 1 aliphatic heterocycles. The second-order valence-electron chi connectivity index (χ2n) is 9.84. The molecule has 7 nitrogen and oxygen atoms in total. The maximum Gasteiger partial charge on any atom is 0.354 e. The lowest BCUT2D eigenvalue weighted by Gasteiger charge is -2.46. The van der Waals surface area contributed by atoms with Gasteiger partial charge in [-0.1, -0.05) is 40.5 Å². The molecule has 2 aliphatic carbocycles. The number of anilines is 1. The quantitative estimate of drug-likeness (QED) is 0.424. The van der Waals surface area contributed by atoms with Crippen LogP contribution < -0.4 is 4.90 Å². The van der Waals surface area contributed by atoms with E-state index in [-0.39, 0.29) is 11.1 Å². The van der Waals surface area contributed by atoms with Crippen LogP contribution in [-0.4, -0.2) is 39.3 Å². The Labute approximate surface area is 212 Å². The minimum Gasteiger partial charge on any atom is -0.477 e. The first-order valence-corrected chi connectivity index (χ1v) is 12.6. The van der Waals surface area contributed by atoms with Crippen LogP contribution in [0.25, 0.3) is 16.8 Å². The predicted molar refractivity (Wildman–Crippen MR) is 134 cm³/mol. The molecule has 1 saturated heterocycles. The van der Waals surface area contributed by atoms with E-state index < -0.39 is 5.97 Å². The zero-order valence-electron chi connectivity index (χ0n) is 19.2. The summed E-state index contributed by atoms with van der Waals surface area (Å²) < 4.78 is 5.85. The molecule has 0 amide bonds. The standard InChI is InChI=1S/C26H24Cl2N4O3/c1-14-11-19(24(33)34)30-25(29-14)32-9-7-26(8-10-32)12-16(13-26)20-22(31-35-23(20)15-5-6-15)21-17(27)3-2-4-18(21)28/h2-4,11-12,15H,5-10,13H2,1H3,(H,33,34). The van der Waals surface area contributed by atoms with Crippen molar-refractivity contribution in [2.45, 2.75) is 44.9 Å². The first-order valence-electron chi connectivity index (χ1n) is 11.8. The Hall–Kier alpha value is -2.90. The summed E-state index contributed by atoms with van der Waals surface area (Å²) in [7, 11) is 0. The normalized spacial score (nSPS) is 18.9. The number of piperidine rings is 1. The number of nitrogens with zero attached hydrogens (tertiary/aromatic N) is 4. The number of rotatable bonds is 5. The van der Waals surface area contributed by atoms with Gasteiger partial charge < -0.3 is 14.5 Å². The van der Waals surface area contributed by atoms with Crippen LogP contribution >= 0.6 is 23.2 Å². The number of hydrogen-bond donors (Lipinski definition) is 1. The van der Waals surface area contributed by atoms with Crippen molar-refractivity contribution in [3.63, 3.8) is 0 Å². The molecule has 3 heterocycles. The van der Waals surface area contributed by atoms with Gasteiger partial charge in [0.1, 0.15) is 11.5 Å². The monoisotopic (exact) mass is 510 g/mol. The van der Waals surface area contributed by atoms with Crippen LogP contribution in [0.15, 0.2) is 34.9 Å². The molecule has 9 heteroatoms. The maximum atomic E-state index is 11.4. The third-order valence-electron chi connectivity index (χ3n) is 7.31. The third kappa shape index (κ3) is 4.00. The Balaban J connectivity index is 1.27. The van der Waals surface area contributed by atoms with Gasteiger partial charge in [0.05, 0.1) is 10.0 Å². The van der Waals surface area contributed by atoms with Gasteiger partial charge in [-0.3, -0.25) is 0 Å². The molecule has 1 aromatic carbocycles. The Morgan fingerprint density at radius 2 is 1.83 bits per heavy atom. The lowest BCUT2D eigenvalue weighted by Crippen LogP contribution is -2.43. The highest BCUT2D eigenvalue weighted by Crippen LogP contribution is 2.56. The predicted octanol–water partition coefficient (Wildman–Crippen LogP) is 6.40. The van der Waals surface area contributed by atoms with Gasteiger partial charge in [0.15, 0.2) is 5.69 Å². The van der Waals surface area contributed by atoms with Crippen LogP contribution in [0, 0.1) is 12.3 Å². The molecule has 2 fully saturated rings. The third-order valence-corrected chi connectivity index (χ3v) is 7.94. The van der Waals surface area contributed by atoms with E-state index in [1.807, 2.05) is 18.2 Å². The van der Waals surface area contributed by atoms with E-state index in [0.717, 1.165) is 67.8 Å². The highest BCUT2D eigenvalue weighted by atomic mass is 35.5. The molecule has 0 bridgehead atoms. The summed E-state index contributed by atoms with van der Waals surface area (Å²) in [6.07, 6.45) is 7.42.